The second kappa shape index (κ2) is 7.63. The van der Waals surface area contributed by atoms with Crippen molar-refractivity contribution in [3.05, 3.63) is 76.8 Å². The first-order valence-electron chi connectivity index (χ1n) is 7.61. The van der Waals surface area contributed by atoms with E-state index in [1.54, 1.807) is 16.9 Å². The molecule has 0 unspecified atom stereocenters. The molecule has 0 radical (unpaired) electrons. The molecule has 1 aromatic heterocycles. The Morgan fingerprint density at radius 3 is 2.76 bits per heavy atom. The highest BCUT2D eigenvalue weighted by Gasteiger charge is 2.06. The number of thiocarbonyl (C=S) groups is 1. The zero-order valence-corrected chi connectivity index (χ0v) is 15.0. The summed E-state index contributed by atoms with van der Waals surface area (Å²) in [6, 6.07) is 12.3. The lowest BCUT2D eigenvalue weighted by atomic mass is 10.2. The van der Waals surface area contributed by atoms with E-state index in [4.69, 9.17) is 23.8 Å². The molecule has 0 spiro atoms. The Morgan fingerprint density at radius 1 is 1.20 bits per heavy atom. The second-order valence-corrected chi connectivity index (χ2v) is 6.43. The molecule has 25 heavy (non-hydrogen) atoms. The van der Waals surface area contributed by atoms with Crippen molar-refractivity contribution in [1.82, 2.24) is 9.78 Å². The van der Waals surface area contributed by atoms with Gasteiger partial charge in [0.15, 0.2) is 5.11 Å². The van der Waals surface area contributed by atoms with Crippen LogP contribution in [-0.4, -0.2) is 14.9 Å². The SMILES string of the molecule is Cc1cccc(NC(=S)Nc2cnn(Cc3ccc(F)cc3Cl)c2)c1. The van der Waals surface area contributed by atoms with E-state index in [1.165, 1.54) is 12.1 Å². The molecule has 0 bridgehead atoms. The number of aromatic nitrogens is 2. The Kier molecular flexibility index (Phi) is 5.31. The van der Waals surface area contributed by atoms with Crippen molar-refractivity contribution < 1.29 is 4.39 Å². The smallest absolute Gasteiger partial charge is 0.175 e. The lowest BCUT2D eigenvalue weighted by Gasteiger charge is -2.09. The van der Waals surface area contributed by atoms with Gasteiger partial charge in [0.1, 0.15) is 5.82 Å². The maximum atomic E-state index is 13.1. The quantitative estimate of drug-likeness (QED) is 0.641. The van der Waals surface area contributed by atoms with Crippen LogP contribution in [0.5, 0.6) is 0 Å². The highest BCUT2D eigenvalue weighted by molar-refractivity contribution is 7.80. The zero-order valence-electron chi connectivity index (χ0n) is 13.5. The van der Waals surface area contributed by atoms with E-state index in [2.05, 4.69) is 15.7 Å². The van der Waals surface area contributed by atoms with Gasteiger partial charge in [-0.1, -0.05) is 29.8 Å². The fourth-order valence-electron chi connectivity index (χ4n) is 2.36. The summed E-state index contributed by atoms with van der Waals surface area (Å²) in [7, 11) is 0. The molecule has 2 aromatic carbocycles. The summed E-state index contributed by atoms with van der Waals surface area (Å²) in [5.74, 6) is -0.357. The maximum absolute atomic E-state index is 13.1. The van der Waals surface area contributed by atoms with Gasteiger partial charge in [-0.2, -0.15) is 5.10 Å². The Morgan fingerprint density at radius 2 is 2.00 bits per heavy atom. The summed E-state index contributed by atoms with van der Waals surface area (Å²) >= 11 is 11.4. The van der Waals surface area contributed by atoms with Crippen LogP contribution >= 0.6 is 23.8 Å². The maximum Gasteiger partial charge on any atom is 0.175 e. The van der Waals surface area contributed by atoms with Gasteiger partial charge >= 0.3 is 0 Å². The molecule has 0 saturated carbocycles. The van der Waals surface area contributed by atoms with Crippen LogP contribution < -0.4 is 10.6 Å². The van der Waals surface area contributed by atoms with Gasteiger partial charge in [0, 0.05) is 16.9 Å². The van der Waals surface area contributed by atoms with Crippen molar-refractivity contribution in [3.63, 3.8) is 0 Å². The van der Waals surface area contributed by atoms with E-state index < -0.39 is 0 Å². The molecule has 0 amide bonds. The number of nitrogens with zero attached hydrogens (tertiary/aromatic N) is 2. The largest absolute Gasteiger partial charge is 0.332 e. The molecule has 0 saturated heterocycles. The van der Waals surface area contributed by atoms with Crippen molar-refractivity contribution >= 4 is 40.3 Å². The van der Waals surface area contributed by atoms with E-state index in [0.29, 0.717) is 16.7 Å². The molecular formula is C18H16ClFN4S. The van der Waals surface area contributed by atoms with Gasteiger partial charge in [-0.25, -0.2) is 4.39 Å². The fourth-order valence-corrected chi connectivity index (χ4v) is 2.82. The minimum absolute atomic E-state index is 0.357. The molecule has 2 N–H and O–H groups in total. The molecule has 128 valence electrons. The number of halogens is 2. The fraction of sp³-hybridized carbons (Fsp3) is 0.111. The third-order valence-corrected chi connectivity index (χ3v) is 4.07. The molecule has 0 atom stereocenters. The standard InChI is InChI=1S/C18H16ClFN4S/c1-12-3-2-4-15(7-12)22-18(25)23-16-9-21-24(11-16)10-13-5-6-14(20)8-17(13)19/h2-9,11H,10H2,1H3,(H2,22,23,25). The third kappa shape index (κ3) is 4.78. The Hall–Kier alpha value is -2.44. The lowest BCUT2D eigenvalue weighted by molar-refractivity contribution is 0.624. The Balaban J connectivity index is 1.62. The first-order valence-corrected chi connectivity index (χ1v) is 8.39. The van der Waals surface area contributed by atoms with E-state index >= 15 is 0 Å². The van der Waals surface area contributed by atoms with Crippen molar-refractivity contribution in [2.45, 2.75) is 13.5 Å². The van der Waals surface area contributed by atoms with E-state index in [9.17, 15) is 4.39 Å². The van der Waals surface area contributed by atoms with Crippen LogP contribution in [0.25, 0.3) is 0 Å². The van der Waals surface area contributed by atoms with Crippen LogP contribution in [-0.2, 0) is 6.54 Å². The molecule has 0 aliphatic heterocycles. The number of hydrogen-bond acceptors (Lipinski definition) is 2. The average Bonchev–Trinajstić information content (AvgIpc) is 2.97. The average molecular weight is 375 g/mol. The third-order valence-electron chi connectivity index (χ3n) is 3.51. The number of benzene rings is 2. The number of anilines is 2. The lowest BCUT2D eigenvalue weighted by Crippen LogP contribution is -2.18. The highest BCUT2D eigenvalue weighted by Crippen LogP contribution is 2.19. The molecular weight excluding hydrogens is 359 g/mol. The summed E-state index contributed by atoms with van der Waals surface area (Å²) in [6.45, 7) is 2.46. The van der Waals surface area contributed by atoms with E-state index in [1.807, 2.05) is 37.4 Å². The van der Waals surface area contributed by atoms with Gasteiger partial charge < -0.3 is 10.6 Å². The summed E-state index contributed by atoms with van der Waals surface area (Å²) in [6.07, 6.45) is 3.48. The van der Waals surface area contributed by atoms with Crippen LogP contribution in [0.4, 0.5) is 15.8 Å². The monoisotopic (exact) mass is 374 g/mol. The van der Waals surface area contributed by atoms with Crippen LogP contribution in [0.3, 0.4) is 0 Å². The second-order valence-electron chi connectivity index (χ2n) is 5.61. The van der Waals surface area contributed by atoms with Crippen LogP contribution in [0.2, 0.25) is 5.02 Å². The number of hydrogen-bond donors (Lipinski definition) is 2. The van der Waals surface area contributed by atoms with Gasteiger partial charge in [0.2, 0.25) is 0 Å². The zero-order chi connectivity index (χ0) is 17.8. The van der Waals surface area contributed by atoms with Gasteiger partial charge in [0.05, 0.1) is 18.4 Å². The topological polar surface area (TPSA) is 41.9 Å². The van der Waals surface area contributed by atoms with Gasteiger partial charge in [-0.3, -0.25) is 4.68 Å². The summed E-state index contributed by atoms with van der Waals surface area (Å²) in [4.78, 5) is 0. The van der Waals surface area contributed by atoms with Gasteiger partial charge in [0.25, 0.3) is 0 Å². The molecule has 3 rings (SSSR count). The minimum Gasteiger partial charge on any atom is -0.332 e. The highest BCUT2D eigenvalue weighted by atomic mass is 35.5. The van der Waals surface area contributed by atoms with Gasteiger partial charge in [-0.05, 0) is 54.5 Å². The number of rotatable bonds is 4. The molecule has 7 heteroatoms. The molecule has 0 aliphatic rings. The molecule has 0 fully saturated rings. The van der Waals surface area contributed by atoms with Crippen LogP contribution in [0, 0.1) is 12.7 Å². The van der Waals surface area contributed by atoms with Crippen LogP contribution in [0.15, 0.2) is 54.9 Å². The first-order chi connectivity index (χ1) is 12.0. The molecule has 4 nitrogen and oxygen atoms in total. The number of aryl methyl sites for hydroxylation is 1. The summed E-state index contributed by atoms with van der Waals surface area (Å²) in [5.41, 5.74) is 3.61. The van der Waals surface area contributed by atoms with Gasteiger partial charge in [-0.15, -0.1) is 0 Å². The van der Waals surface area contributed by atoms with Crippen molar-refractivity contribution in [2.24, 2.45) is 0 Å². The van der Waals surface area contributed by atoms with Crippen molar-refractivity contribution in [3.8, 4) is 0 Å². The molecule has 3 aromatic rings. The Labute approximate surface area is 155 Å². The summed E-state index contributed by atoms with van der Waals surface area (Å²) < 4.78 is 14.8. The number of nitrogens with one attached hydrogen (secondary N) is 2. The molecule has 1 heterocycles. The van der Waals surface area contributed by atoms with E-state index in [-0.39, 0.29) is 5.82 Å². The van der Waals surface area contributed by atoms with Crippen molar-refractivity contribution in [2.75, 3.05) is 10.6 Å². The predicted molar refractivity (Wildman–Crippen MR) is 104 cm³/mol. The van der Waals surface area contributed by atoms with E-state index in [0.717, 1.165) is 22.5 Å². The van der Waals surface area contributed by atoms with Crippen LogP contribution in [0.1, 0.15) is 11.1 Å². The molecule has 0 aliphatic carbocycles. The minimum atomic E-state index is -0.357. The Bertz CT molecular complexity index is 910. The predicted octanol–water partition coefficient (Wildman–Crippen LogP) is 4.84. The van der Waals surface area contributed by atoms with Crippen molar-refractivity contribution in [1.29, 1.82) is 0 Å². The first kappa shape index (κ1) is 17.4. The summed E-state index contributed by atoms with van der Waals surface area (Å²) in [5, 5.41) is 11.3. The normalized spacial score (nSPS) is 10.5.